The van der Waals surface area contributed by atoms with Crippen molar-refractivity contribution in [2.24, 2.45) is 0 Å². The van der Waals surface area contributed by atoms with Crippen LogP contribution in [0.5, 0.6) is 5.75 Å². The Balaban J connectivity index is 1.01. The van der Waals surface area contributed by atoms with Crippen LogP contribution in [0.15, 0.2) is 41.6 Å². The number of ether oxygens (including phenoxy) is 1. The summed E-state index contributed by atoms with van der Waals surface area (Å²) in [5, 5.41) is 16.9. The van der Waals surface area contributed by atoms with E-state index in [0.29, 0.717) is 64.3 Å². The molecule has 16 nitrogen and oxygen atoms in total. The Kier molecular flexibility index (Phi) is 13.1. The summed E-state index contributed by atoms with van der Waals surface area (Å²) in [5.41, 5.74) is 4.25. The first-order valence-corrected chi connectivity index (χ1v) is 20.4. The Hall–Kier alpha value is -5.10. The first kappa shape index (κ1) is 41.5. The van der Waals surface area contributed by atoms with E-state index in [2.05, 4.69) is 45.9 Å². The van der Waals surface area contributed by atoms with Crippen molar-refractivity contribution in [3.05, 3.63) is 59.0 Å². The third-order valence-corrected chi connectivity index (χ3v) is 12.3. The number of nitrogens with zero attached hydrogens (tertiary/aromatic N) is 6. The van der Waals surface area contributed by atoms with Crippen molar-refractivity contribution in [2.75, 3.05) is 63.6 Å². The molecule has 4 heterocycles. The summed E-state index contributed by atoms with van der Waals surface area (Å²) in [6, 6.07) is 8.10. The summed E-state index contributed by atoms with van der Waals surface area (Å²) in [5.74, 6) is 0.970. The van der Waals surface area contributed by atoms with Gasteiger partial charge in [0, 0.05) is 111 Å². The Labute approximate surface area is 335 Å². The van der Waals surface area contributed by atoms with Crippen LogP contribution in [-0.2, 0) is 32.1 Å². The van der Waals surface area contributed by atoms with E-state index < -0.39 is 22.0 Å². The molecule has 2 unspecified atom stereocenters. The summed E-state index contributed by atoms with van der Waals surface area (Å²) in [6.45, 7) is 14.7. The molecule has 6 rings (SSSR count). The summed E-state index contributed by atoms with van der Waals surface area (Å²) in [7, 11) is 1.50. The molecule has 0 spiro atoms. The lowest BCUT2D eigenvalue weighted by Gasteiger charge is -2.34. The Morgan fingerprint density at radius 1 is 1.07 bits per heavy atom. The van der Waals surface area contributed by atoms with Crippen molar-refractivity contribution < 1.29 is 28.5 Å². The molecule has 0 aliphatic carbocycles. The van der Waals surface area contributed by atoms with Gasteiger partial charge in [-0.25, -0.2) is 9.97 Å². The van der Waals surface area contributed by atoms with E-state index in [1.165, 1.54) is 18.3 Å². The van der Waals surface area contributed by atoms with Gasteiger partial charge >= 0.3 is 0 Å². The summed E-state index contributed by atoms with van der Waals surface area (Å²) >= 11 is -1.39. The van der Waals surface area contributed by atoms with Crippen LogP contribution in [0.25, 0.3) is 10.9 Å². The second-order valence-electron chi connectivity index (χ2n) is 15.3. The molecule has 0 saturated carbocycles. The SMILES string of the molecule is CNC(=O)C(CCC=O)N1Cc2c(NC(=O)CCN3CCN(CCOc4cc5ncnc(Nc6n[nH]c(C)c6C)c5cc4[S+]([O-])C(C)(C)C)CC3)cccc2C1=O. The molecule has 1 fully saturated rings. The highest BCUT2D eigenvalue weighted by Gasteiger charge is 2.37. The van der Waals surface area contributed by atoms with Crippen LogP contribution in [0.4, 0.5) is 17.3 Å². The maximum absolute atomic E-state index is 13.8. The molecule has 2 aliphatic rings. The number of aromatic amines is 1. The number of anilines is 3. The van der Waals surface area contributed by atoms with Gasteiger partial charge in [0.25, 0.3) is 5.91 Å². The minimum absolute atomic E-state index is 0.153. The lowest BCUT2D eigenvalue weighted by molar-refractivity contribution is -0.125. The number of aldehydes is 1. The lowest BCUT2D eigenvalue weighted by Crippen LogP contribution is -2.48. The molecule has 17 heteroatoms. The highest BCUT2D eigenvalue weighted by molar-refractivity contribution is 7.92. The van der Waals surface area contributed by atoms with Crippen LogP contribution in [0.3, 0.4) is 0 Å². The van der Waals surface area contributed by atoms with Crippen LogP contribution in [0.1, 0.15) is 67.2 Å². The molecule has 1 saturated heterocycles. The number of piperazine rings is 1. The molecule has 2 atom stereocenters. The van der Waals surface area contributed by atoms with Gasteiger partial charge < -0.3 is 39.8 Å². The second-order valence-corrected chi connectivity index (χ2v) is 17.5. The number of rotatable bonds is 16. The number of carbonyl (C=O) groups excluding carboxylic acids is 4. The first-order valence-electron chi connectivity index (χ1n) is 19.2. The van der Waals surface area contributed by atoms with E-state index in [0.717, 1.165) is 49.1 Å². The molecule has 2 aromatic carbocycles. The topological polar surface area (TPSA) is 201 Å². The monoisotopic (exact) mass is 800 g/mol. The normalized spacial score (nSPS) is 16.0. The molecule has 2 aliphatic heterocycles. The summed E-state index contributed by atoms with van der Waals surface area (Å²) in [6.07, 6.45) is 2.88. The lowest BCUT2D eigenvalue weighted by atomic mass is 10.1. The van der Waals surface area contributed by atoms with Crippen molar-refractivity contribution in [1.29, 1.82) is 0 Å². The largest absolute Gasteiger partial charge is 0.611 e. The number of carbonyl (C=O) groups is 4. The molecule has 304 valence electrons. The Morgan fingerprint density at radius 3 is 2.47 bits per heavy atom. The highest BCUT2D eigenvalue weighted by Crippen LogP contribution is 2.37. The van der Waals surface area contributed by atoms with Gasteiger partial charge in [0.15, 0.2) is 16.5 Å². The zero-order valence-electron chi connectivity index (χ0n) is 33.4. The van der Waals surface area contributed by atoms with Gasteiger partial charge in [-0.2, -0.15) is 5.10 Å². The minimum atomic E-state index is -1.39. The van der Waals surface area contributed by atoms with Crippen molar-refractivity contribution in [3.63, 3.8) is 0 Å². The van der Waals surface area contributed by atoms with Crippen LogP contribution in [0.2, 0.25) is 0 Å². The van der Waals surface area contributed by atoms with Crippen LogP contribution >= 0.6 is 0 Å². The van der Waals surface area contributed by atoms with Gasteiger partial charge in [0.05, 0.1) is 5.52 Å². The summed E-state index contributed by atoms with van der Waals surface area (Å²) in [4.78, 5) is 65.6. The molecule has 57 heavy (non-hydrogen) atoms. The van der Waals surface area contributed by atoms with Gasteiger partial charge in [-0.3, -0.25) is 24.4 Å². The average Bonchev–Trinajstić information content (AvgIpc) is 3.70. The molecular formula is C40H52N10O6S. The predicted octanol–water partition coefficient (Wildman–Crippen LogP) is 3.69. The number of hydrogen-bond donors (Lipinski definition) is 4. The van der Waals surface area contributed by atoms with Crippen molar-refractivity contribution in [1.82, 2.24) is 40.2 Å². The van der Waals surface area contributed by atoms with E-state index in [1.54, 1.807) is 18.2 Å². The quantitative estimate of drug-likeness (QED) is 0.0948. The van der Waals surface area contributed by atoms with Crippen molar-refractivity contribution >= 4 is 63.4 Å². The molecular weight excluding hydrogens is 749 g/mol. The van der Waals surface area contributed by atoms with E-state index in [4.69, 9.17) is 4.74 Å². The Morgan fingerprint density at radius 2 is 1.81 bits per heavy atom. The maximum atomic E-state index is 13.8. The van der Waals surface area contributed by atoms with Gasteiger partial charge in [-0.1, -0.05) is 6.07 Å². The third kappa shape index (κ3) is 9.55. The number of hydrogen-bond acceptors (Lipinski definition) is 12. The van der Waals surface area contributed by atoms with Gasteiger partial charge in [-0.15, -0.1) is 0 Å². The number of nitrogens with one attached hydrogen (secondary N) is 4. The standard InChI is InChI=1S/C40H52N10O6S/c1-25-26(2)46-47-36(25)45-37-28-21-34(57(55)40(3,4)5)33(22-31(28)42-24-43-37)56-20-18-49-16-14-48(15-17-49)13-12-35(52)44-30-10-7-9-27-29(30)23-50(39(27)54)32(11-8-19-51)38(53)41-6/h7,9-10,19,21-22,24,32H,8,11-18,20,23H2,1-6H3,(H,41,53)(H,44,52)(H2,42,43,45,46,47). The second kappa shape index (κ2) is 18.0. The minimum Gasteiger partial charge on any atom is -0.611 e. The number of aryl methyl sites for hydroxylation is 1. The van der Waals surface area contributed by atoms with Gasteiger partial charge in [-0.05, 0) is 64.3 Å². The fraction of sp³-hybridized carbons (Fsp3) is 0.475. The van der Waals surface area contributed by atoms with Crippen LogP contribution in [0, 0.1) is 13.8 Å². The molecule has 2 aromatic heterocycles. The van der Waals surface area contributed by atoms with E-state index in [9.17, 15) is 23.7 Å². The number of amides is 3. The molecule has 3 amide bonds. The molecule has 0 bridgehead atoms. The number of benzene rings is 2. The number of aromatic nitrogens is 4. The third-order valence-electron chi connectivity index (χ3n) is 10.5. The van der Waals surface area contributed by atoms with Gasteiger partial charge in [0.2, 0.25) is 11.8 Å². The first-order chi connectivity index (χ1) is 27.3. The fourth-order valence-corrected chi connectivity index (χ4v) is 8.19. The fourth-order valence-electron chi connectivity index (χ4n) is 7.01. The van der Waals surface area contributed by atoms with Crippen molar-refractivity contribution in [3.8, 4) is 5.75 Å². The molecule has 4 N–H and O–H groups in total. The number of fused-ring (bicyclic) bond motifs is 2. The molecule has 0 radical (unpaired) electrons. The maximum Gasteiger partial charge on any atom is 0.255 e. The zero-order chi connectivity index (χ0) is 40.9. The number of H-pyrrole nitrogens is 1. The summed E-state index contributed by atoms with van der Waals surface area (Å²) < 4.78 is 19.6. The Bertz CT molecular complexity index is 2110. The van der Waals surface area contributed by atoms with Crippen LogP contribution < -0.4 is 20.7 Å². The van der Waals surface area contributed by atoms with E-state index in [-0.39, 0.29) is 43.5 Å². The van der Waals surface area contributed by atoms with Crippen molar-refractivity contribution in [2.45, 2.75) is 76.1 Å². The predicted molar refractivity (Wildman–Crippen MR) is 218 cm³/mol. The zero-order valence-corrected chi connectivity index (χ0v) is 34.3. The smallest absolute Gasteiger partial charge is 0.255 e. The highest BCUT2D eigenvalue weighted by atomic mass is 32.2. The van der Waals surface area contributed by atoms with E-state index >= 15 is 0 Å². The van der Waals surface area contributed by atoms with Gasteiger partial charge in [0.1, 0.15) is 35.8 Å². The molecule has 4 aromatic rings. The van der Waals surface area contributed by atoms with E-state index in [1.807, 2.05) is 46.8 Å². The number of likely N-dealkylation sites (N-methyl/N-ethyl adjacent to an activating group) is 1. The van der Waals surface area contributed by atoms with Crippen LogP contribution in [-0.4, -0.2) is 127 Å². The average molecular weight is 801 g/mol.